The molecule has 0 spiro atoms. The van der Waals surface area contributed by atoms with Gasteiger partial charge in [0, 0.05) is 35.5 Å². The van der Waals surface area contributed by atoms with Crippen molar-refractivity contribution in [1.29, 1.82) is 0 Å². The van der Waals surface area contributed by atoms with E-state index in [4.69, 9.17) is 18.0 Å². The summed E-state index contributed by atoms with van der Waals surface area (Å²) in [6, 6.07) is 5.87. The quantitative estimate of drug-likeness (QED) is 0.822. The van der Waals surface area contributed by atoms with Gasteiger partial charge in [-0.05, 0) is 46.1 Å². The third-order valence-corrected chi connectivity index (χ3v) is 3.61. The minimum Gasteiger partial charge on any atom is -0.389 e. The molecular formula is C13H15BrN4S. The Kier molecular flexibility index (Phi) is 4.55. The molecule has 0 atom stereocenters. The predicted octanol–water partition coefficient (Wildman–Crippen LogP) is 2.47. The van der Waals surface area contributed by atoms with Gasteiger partial charge < -0.3 is 11.1 Å². The molecule has 4 nitrogen and oxygen atoms in total. The highest BCUT2D eigenvalue weighted by Crippen LogP contribution is 2.21. The van der Waals surface area contributed by atoms with Gasteiger partial charge >= 0.3 is 0 Å². The molecule has 0 fully saturated rings. The maximum absolute atomic E-state index is 5.61. The van der Waals surface area contributed by atoms with Crippen molar-refractivity contribution < 1.29 is 0 Å². The highest BCUT2D eigenvalue weighted by Gasteiger charge is 2.04. The summed E-state index contributed by atoms with van der Waals surface area (Å²) in [6.45, 7) is 0.852. The maximum atomic E-state index is 5.61. The zero-order valence-corrected chi connectivity index (χ0v) is 13.0. The number of halogens is 1. The zero-order chi connectivity index (χ0) is 13.8. The van der Waals surface area contributed by atoms with Crippen LogP contribution in [-0.4, -0.2) is 21.3 Å². The zero-order valence-electron chi connectivity index (χ0n) is 10.6. The summed E-state index contributed by atoms with van der Waals surface area (Å²) in [6.07, 6.45) is 4.84. The fourth-order valence-corrected chi connectivity index (χ4v) is 2.68. The largest absolute Gasteiger partial charge is 0.389 e. The normalized spacial score (nSPS) is 10.4. The fraction of sp³-hybridized carbons (Fsp3) is 0.231. The minimum absolute atomic E-state index is 0.397. The Labute approximate surface area is 126 Å². The van der Waals surface area contributed by atoms with Crippen molar-refractivity contribution in [2.45, 2.75) is 6.42 Å². The average molecular weight is 339 g/mol. The Morgan fingerprint density at radius 3 is 2.89 bits per heavy atom. The molecule has 0 bridgehead atoms. The molecule has 3 N–H and O–H groups in total. The van der Waals surface area contributed by atoms with Gasteiger partial charge in [0.25, 0.3) is 0 Å². The topological polar surface area (TPSA) is 55.9 Å². The van der Waals surface area contributed by atoms with Gasteiger partial charge in [-0.15, -0.1) is 0 Å². The molecule has 0 saturated carbocycles. The fourth-order valence-electron chi connectivity index (χ4n) is 1.78. The van der Waals surface area contributed by atoms with E-state index in [1.54, 1.807) is 0 Å². The number of hydrogen-bond donors (Lipinski definition) is 2. The second-order valence-electron chi connectivity index (χ2n) is 4.26. The van der Waals surface area contributed by atoms with Gasteiger partial charge in [-0.25, -0.2) is 0 Å². The van der Waals surface area contributed by atoms with E-state index >= 15 is 0 Å². The Morgan fingerprint density at radius 2 is 2.32 bits per heavy atom. The summed E-state index contributed by atoms with van der Waals surface area (Å²) in [5.41, 5.74) is 8.72. The lowest BCUT2D eigenvalue weighted by molar-refractivity contribution is 0.767. The van der Waals surface area contributed by atoms with Gasteiger partial charge in [0.2, 0.25) is 0 Å². The Hall–Kier alpha value is -1.40. The first-order chi connectivity index (χ1) is 9.06. The number of nitrogens with two attached hydrogens (primary N) is 1. The van der Waals surface area contributed by atoms with Crippen molar-refractivity contribution in [2.24, 2.45) is 12.8 Å². The number of benzene rings is 1. The number of thiocarbonyl (C=S) groups is 1. The van der Waals surface area contributed by atoms with Crippen molar-refractivity contribution in [3.8, 4) is 0 Å². The standard InChI is InChI=1S/C13H15BrN4S/c1-18-8-9(7-17-18)4-5-16-10-2-3-11(13(15)19)12(14)6-10/h2-3,6-8,16H,4-5H2,1H3,(H2,15,19). The van der Waals surface area contributed by atoms with Crippen molar-refractivity contribution >= 4 is 38.8 Å². The van der Waals surface area contributed by atoms with Crippen LogP contribution in [0.4, 0.5) is 5.69 Å². The smallest absolute Gasteiger partial charge is 0.105 e. The van der Waals surface area contributed by atoms with Crippen LogP contribution in [0, 0.1) is 0 Å². The van der Waals surface area contributed by atoms with E-state index in [1.807, 2.05) is 42.3 Å². The average Bonchev–Trinajstić information content (AvgIpc) is 2.75. The molecule has 100 valence electrons. The van der Waals surface area contributed by atoms with Crippen LogP contribution in [0.3, 0.4) is 0 Å². The molecule has 1 heterocycles. The van der Waals surface area contributed by atoms with Gasteiger partial charge in [-0.3, -0.25) is 4.68 Å². The lowest BCUT2D eigenvalue weighted by Crippen LogP contribution is -2.11. The first kappa shape index (κ1) is 14.0. The summed E-state index contributed by atoms with van der Waals surface area (Å²) in [5, 5.41) is 7.50. The minimum atomic E-state index is 0.397. The van der Waals surface area contributed by atoms with E-state index in [-0.39, 0.29) is 0 Å². The lowest BCUT2D eigenvalue weighted by Gasteiger charge is -2.08. The van der Waals surface area contributed by atoms with E-state index in [0.717, 1.165) is 28.7 Å². The van der Waals surface area contributed by atoms with E-state index in [2.05, 4.69) is 26.3 Å². The van der Waals surface area contributed by atoms with Crippen molar-refractivity contribution in [2.75, 3.05) is 11.9 Å². The molecule has 1 aromatic carbocycles. The van der Waals surface area contributed by atoms with Crippen molar-refractivity contribution in [1.82, 2.24) is 9.78 Å². The molecule has 0 radical (unpaired) electrons. The van der Waals surface area contributed by atoms with Crippen LogP contribution in [0.5, 0.6) is 0 Å². The van der Waals surface area contributed by atoms with E-state index in [0.29, 0.717) is 4.99 Å². The van der Waals surface area contributed by atoms with Crippen molar-refractivity contribution in [3.63, 3.8) is 0 Å². The van der Waals surface area contributed by atoms with Gasteiger partial charge in [0.1, 0.15) is 4.99 Å². The highest BCUT2D eigenvalue weighted by molar-refractivity contribution is 9.10. The van der Waals surface area contributed by atoms with Crippen molar-refractivity contribution in [3.05, 3.63) is 46.2 Å². The number of aromatic nitrogens is 2. The van der Waals surface area contributed by atoms with Crippen LogP contribution >= 0.6 is 28.1 Å². The van der Waals surface area contributed by atoms with E-state index < -0.39 is 0 Å². The molecule has 2 rings (SSSR count). The molecular weight excluding hydrogens is 324 g/mol. The van der Waals surface area contributed by atoms with E-state index in [1.165, 1.54) is 5.56 Å². The molecule has 0 amide bonds. The van der Waals surface area contributed by atoms with Crippen LogP contribution in [0.1, 0.15) is 11.1 Å². The third-order valence-electron chi connectivity index (χ3n) is 2.74. The molecule has 0 unspecified atom stereocenters. The number of nitrogens with one attached hydrogen (secondary N) is 1. The summed E-state index contributed by atoms with van der Waals surface area (Å²) < 4.78 is 2.72. The SMILES string of the molecule is Cn1cc(CCNc2ccc(C(N)=S)c(Br)c2)cn1. The first-order valence-electron chi connectivity index (χ1n) is 5.87. The third kappa shape index (κ3) is 3.78. The Bertz CT molecular complexity index is 594. The Morgan fingerprint density at radius 1 is 1.53 bits per heavy atom. The number of hydrogen-bond acceptors (Lipinski definition) is 3. The summed E-state index contributed by atoms with van der Waals surface area (Å²) in [5.74, 6) is 0. The maximum Gasteiger partial charge on any atom is 0.105 e. The highest BCUT2D eigenvalue weighted by atomic mass is 79.9. The number of anilines is 1. The second kappa shape index (κ2) is 6.16. The molecule has 0 aliphatic rings. The first-order valence-corrected chi connectivity index (χ1v) is 7.07. The van der Waals surface area contributed by atoms with Gasteiger partial charge in [0.15, 0.2) is 0 Å². The van der Waals surface area contributed by atoms with Crippen LogP contribution in [-0.2, 0) is 13.5 Å². The van der Waals surface area contributed by atoms with E-state index in [9.17, 15) is 0 Å². The molecule has 1 aromatic heterocycles. The monoisotopic (exact) mass is 338 g/mol. The summed E-state index contributed by atoms with van der Waals surface area (Å²) in [4.78, 5) is 0.397. The molecule has 0 saturated heterocycles. The molecule has 0 aliphatic carbocycles. The summed E-state index contributed by atoms with van der Waals surface area (Å²) >= 11 is 8.43. The molecule has 0 aliphatic heterocycles. The van der Waals surface area contributed by atoms with Crippen LogP contribution < -0.4 is 11.1 Å². The number of nitrogens with zero attached hydrogens (tertiary/aromatic N) is 2. The predicted molar refractivity (Wildman–Crippen MR) is 85.4 cm³/mol. The van der Waals surface area contributed by atoms with Crippen LogP contribution in [0.2, 0.25) is 0 Å². The Balaban J connectivity index is 1.93. The number of rotatable bonds is 5. The van der Waals surface area contributed by atoms with Gasteiger partial charge in [-0.2, -0.15) is 5.10 Å². The van der Waals surface area contributed by atoms with Crippen LogP contribution in [0.25, 0.3) is 0 Å². The summed E-state index contributed by atoms with van der Waals surface area (Å²) in [7, 11) is 1.92. The second-order valence-corrected chi connectivity index (χ2v) is 5.55. The van der Waals surface area contributed by atoms with Gasteiger partial charge in [0.05, 0.1) is 6.20 Å². The van der Waals surface area contributed by atoms with Crippen LogP contribution in [0.15, 0.2) is 35.1 Å². The lowest BCUT2D eigenvalue weighted by atomic mass is 10.2. The van der Waals surface area contributed by atoms with Gasteiger partial charge in [-0.1, -0.05) is 12.2 Å². The molecule has 6 heteroatoms. The number of aryl methyl sites for hydroxylation is 1. The molecule has 19 heavy (non-hydrogen) atoms. The molecule has 2 aromatic rings.